The van der Waals surface area contributed by atoms with Crippen molar-refractivity contribution in [2.45, 2.75) is 13.5 Å². The molecule has 0 aliphatic carbocycles. The fourth-order valence-electron chi connectivity index (χ4n) is 1.43. The SMILES string of the molecule is COCCOCCOCCNCc1ccnc(C)n1. The van der Waals surface area contributed by atoms with Crippen molar-refractivity contribution < 1.29 is 14.2 Å². The van der Waals surface area contributed by atoms with E-state index in [9.17, 15) is 0 Å². The smallest absolute Gasteiger partial charge is 0.125 e. The first-order valence-corrected chi connectivity index (χ1v) is 6.46. The van der Waals surface area contributed by atoms with Crippen molar-refractivity contribution in [1.82, 2.24) is 15.3 Å². The number of ether oxygens (including phenoxy) is 3. The van der Waals surface area contributed by atoms with Gasteiger partial charge in [0, 0.05) is 26.4 Å². The average molecular weight is 269 g/mol. The van der Waals surface area contributed by atoms with Gasteiger partial charge in [0.1, 0.15) is 5.82 Å². The Balaban J connectivity index is 1.89. The second-order valence-electron chi connectivity index (χ2n) is 3.99. The molecule has 1 aromatic heterocycles. The Kier molecular flexibility index (Phi) is 9.09. The normalized spacial score (nSPS) is 10.8. The Morgan fingerprint density at radius 1 is 1.11 bits per heavy atom. The Labute approximate surface area is 114 Å². The molecule has 0 amide bonds. The monoisotopic (exact) mass is 269 g/mol. The van der Waals surface area contributed by atoms with Gasteiger partial charge in [-0.2, -0.15) is 0 Å². The zero-order valence-corrected chi connectivity index (χ0v) is 11.7. The number of hydrogen-bond donors (Lipinski definition) is 1. The Morgan fingerprint density at radius 3 is 2.58 bits per heavy atom. The van der Waals surface area contributed by atoms with Crippen molar-refractivity contribution in [2.24, 2.45) is 0 Å². The Bertz CT molecular complexity index is 337. The molecule has 1 aromatic rings. The molecule has 0 spiro atoms. The summed E-state index contributed by atoms with van der Waals surface area (Å²) in [6.07, 6.45) is 1.77. The number of aromatic nitrogens is 2. The zero-order valence-electron chi connectivity index (χ0n) is 11.7. The lowest BCUT2D eigenvalue weighted by molar-refractivity contribution is 0.0255. The van der Waals surface area contributed by atoms with Crippen LogP contribution in [0.25, 0.3) is 0 Å². The highest BCUT2D eigenvalue weighted by Crippen LogP contribution is 1.93. The maximum absolute atomic E-state index is 5.41. The van der Waals surface area contributed by atoms with Crippen LogP contribution in [-0.4, -0.2) is 56.7 Å². The third-order valence-corrected chi connectivity index (χ3v) is 2.37. The van der Waals surface area contributed by atoms with E-state index in [-0.39, 0.29) is 0 Å². The average Bonchev–Trinajstić information content (AvgIpc) is 2.41. The Hall–Kier alpha value is -1.08. The highest BCUT2D eigenvalue weighted by Gasteiger charge is 1.95. The number of hydrogen-bond acceptors (Lipinski definition) is 6. The van der Waals surface area contributed by atoms with Crippen LogP contribution >= 0.6 is 0 Å². The molecule has 0 aliphatic heterocycles. The molecule has 6 nitrogen and oxygen atoms in total. The maximum atomic E-state index is 5.41. The molecule has 0 aliphatic rings. The molecule has 1 N–H and O–H groups in total. The first-order chi connectivity index (χ1) is 9.33. The molecule has 0 saturated carbocycles. The van der Waals surface area contributed by atoms with E-state index < -0.39 is 0 Å². The minimum atomic E-state index is 0.606. The number of aryl methyl sites for hydroxylation is 1. The van der Waals surface area contributed by atoms with E-state index in [0.29, 0.717) is 33.0 Å². The van der Waals surface area contributed by atoms with Crippen molar-refractivity contribution in [3.63, 3.8) is 0 Å². The first kappa shape index (κ1) is 16.0. The summed E-state index contributed by atoms with van der Waals surface area (Å²) in [4.78, 5) is 8.36. The van der Waals surface area contributed by atoms with Crippen LogP contribution in [0, 0.1) is 6.92 Å². The van der Waals surface area contributed by atoms with E-state index in [4.69, 9.17) is 14.2 Å². The summed E-state index contributed by atoms with van der Waals surface area (Å²) in [7, 11) is 1.66. The number of methoxy groups -OCH3 is 1. The van der Waals surface area contributed by atoms with Crippen LogP contribution in [0.1, 0.15) is 11.5 Å². The van der Waals surface area contributed by atoms with Gasteiger partial charge in [-0.3, -0.25) is 0 Å². The lowest BCUT2D eigenvalue weighted by atomic mass is 10.4. The standard InChI is InChI=1S/C13H23N3O3/c1-12-15-4-3-13(16-12)11-14-5-6-18-9-10-19-8-7-17-2/h3-4,14H,5-11H2,1-2H3. The van der Waals surface area contributed by atoms with Crippen LogP contribution in [0.5, 0.6) is 0 Å². The van der Waals surface area contributed by atoms with E-state index in [1.165, 1.54) is 0 Å². The van der Waals surface area contributed by atoms with Gasteiger partial charge in [0.15, 0.2) is 0 Å². The molecule has 108 valence electrons. The van der Waals surface area contributed by atoms with Crippen LogP contribution < -0.4 is 5.32 Å². The fraction of sp³-hybridized carbons (Fsp3) is 0.692. The fourth-order valence-corrected chi connectivity index (χ4v) is 1.43. The van der Waals surface area contributed by atoms with Gasteiger partial charge >= 0.3 is 0 Å². The summed E-state index contributed by atoms with van der Waals surface area (Å²) in [6, 6.07) is 1.91. The largest absolute Gasteiger partial charge is 0.382 e. The van der Waals surface area contributed by atoms with Gasteiger partial charge in [-0.1, -0.05) is 0 Å². The van der Waals surface area contributed by atoms with Crippen molar-refractivity contribution in [1.29, 1.82) is 0 Å². The molecule has 19 heavy (non-hydrogen) atoms. The molecule has 0 unspecified atom stereocenters. The quantitative estimate of drug-likeness (QED) is 0.592. The van der Waals surface area contributed by atoms with Gasteiger partial charge in [-0.25, -0.2) is 9.97 Å². The van der Waals surface area contributed by atoms with Gasteiger partial charge in [0.25, 0.3) is 0 Å². The van der Waals surface area contributed by atoms with E-state index in [2.05, 4.69) is 15.3 Å². The molecule has 0 aromatic carbocycles. The van der Waals surface area contributed by atoms with Gasteiger partial charge < -0.3 is 19.5 Å². The Morgan fingerprint density at radius 2 is 1.84 bits per heavy atom. The molecule has 0 saturated heterocycles. The summed E-state index contributed by atoms with van der Waals surface area (Å²) in [5.41, 5.74) is 0.996. The van der Waals surface area contributed by atoms with Crippen molar-refractivity contribution >= 4 is 0 Å². The zero-order chi connectivity index (χ0) is 13.8. The van der Waals surface area contributed by atoms with Gasteiger partial charge in [-0.05, 0) is 13.0 Å². The topological polar surface area (TPSA) is 65.5 Å². The van der Waals surface area contributed by atoms with Gasteiger partial charge in [0.2, 0.25) is 0 Å². The molecule has 1 heterocycles. The van der Waals surface area contributed by atoms with Crippen LogP contribution in [-0.2, 0) is 20.8 Å². The molecule has 1 rings (SSSR count). The van der Waals surface area contributed by atoms with Crippen LogP contribution in [0.15, 0.2) is 12.3 Å². The second kappa shape index (κ2) is 10.8. The summed E-state index contributed by atoms with van der Waals surface area (Å²) in [6.45, 7) is 6.53. The van der Waals surface area contributed by atoms with E-state index >= 15 is 0 Å². The molecule has 0 bridgehead atoms. The van der Waals surface area contributed by atoms with Crippen molar-refractivity contribution in [3.05, 3.63) is 23.8 Å². The molecule has 6 heteroatoms. The predicted octanol–water partition coefficient (Wildman–Crippen LogP) is 0.554. The van der Waals surface area contributed by atoms with Crippen LogP contribution in [0.3, 0.4) is 0 Å². The molecule has 0 atom stereocenters. The molecule has 0 radical (unpaired) electrons. The van der Waals surface area contributed by atoms with Crippen LogP contribution in [0.4, 0.5) is 0 Å². The third-order valence-electron chi connectivity index (χ3n) is 2.37. The van der Waals surface area contributed by atoms with Gasteiger partial charge in [-0.15, -0.1) is 0 Å². The van der Waals surface area contributed by atoms with Crippen molar-refractivity contribution in [3.8, 4) is 0 Å². The van der Waals surface area contributed by atoms with Crippen LogP contribution in [0.2, 0.25) is 0 Å². The van der Waals surface area contributed by atoms with E-state index in [1.54, 1.807) is 13.3 Å². The first-order valence-electron chi connectivity index (χ1n) is 6.46. The van der Waals surface area contributed by atoms with Gasteiger partial charge in [0.05, 0.1) is 38.7 Å². The highest BCUT2D eigenvalue weighted by molar-refractivity contribution is 5.00. The maximum Gasteiger partial charge on any atom is 0.125 e. The summed E-state index contributed by atoms with van der Waals surface area (Å²) in [5.74, 6) is 0.795. The number of rotatable bonds is 11. The number of nitrogens with one attached hydrogen (secondary N) is 1. The lowest BCUT2D eigenvalue weighted by Gasteiger charge is -2.07. The van der Waals surface area contributed by atoms with E-state index in [0.717, 1.165) is 24.6 Å². The second-order valence-corrected chi connectivity index (χ2v) is 3.99. The minimum Gasteiger partial charge on any atom is -0.382 e. The minimum absolute atomic E-state index is 0.606. The highest BCUT2D eigenvalue weighted by atomic mass is 16.5. The van der Waals surface area contributed by atoms with E-state index in [1.807, 2.05) is 13.0 Å². The third kappa shape index (κ3) is 8.61. The summed E-state index contributed by atoms with van der Waals surface area (Å²) in [5, 5.41) is 3.26. The van der Waals surface area contributed by atoms with Crippen molar-refractivity contribution in [2.75, 3.05) is 46.7 Å². The molecule has 0 fully saturated rings. The predicted molar refractivity (Wildman–Crippen MR) is 72.0 cm³/mol. The molecular formula is C13H23N3O3. The summed E-state index contributed by atoms with van der Waals surface area (Å²) < 4.78 is 15.6. The molecular weight excluding hydrogens is 246 g/mol. The number of nitrogens with zero attached hydrogens (tertiary/aromatic N) is 2. The summed E-state index contributed by atoms with van der Waals surface area (Å²) >= 11 is 0. The lowest BCUT2D eigenvalue weighted by Crippen LogP contribution is -2.21.